The molecule has 0 atom stereocenters. The van der Waals surface area contributed by atoms with Crippen molar-refractivity contribution in [2.45, 2.75) is 0 Å². The van der Waals surface area contributed by atoms with E-state index in [1.165, 1.54) is 22.7 Å². The van der Waals surface area contributed by atoms with Crippen LogP contribution in [0.25, 0.3) is 52.5 Å². The van der Waals surface area contributed by atoms with E-state index >= 15 is 0 Å². The van der Waals surface area contributed by atoms with Crippen LogP contribution in [0.2, 0.25) is 0 Å². The molecule has 0 aliphatic heterocycles. The largest absolute Gasteiger partial charge is 0.235 e. The molecule has 0 radical (unpaired) electrons. The summed E-state index contributed by atoms with van der Waals surface area (Å²) in [6.07, 6.45) is 0. The normalized spacial score (nSPS) is 11.7. The van der Waals surface area contributed by atoms with Gasteiger partial charge in [-0.15, -0.1) is 31.7 Å². The van der Waals surface area contributed by atoms with Gasteiger partial charge in [-0.1, -0.05) is 78.8 Å². The van der Waals surface area contributed by atoms with E-state index in [2.05, 4.69) is 64.4 Å². The zero-order valence-electron chi connectivity index (χ0n) is 17.3. The van der Waals surface area contributed by atoms with Gasteiger partial charge in [0, 0.05) is 20.1 Å². The Bertz CT molecular complexity index is 1690. The molecule has 35 heavy (non-hydrogen) atoms. The van der Waals surface area contributed by atoms with E-state index in [0.717, 1.165) is 61.4 Å². The summed E-state index contributed by atoms with van der Waals surface area (Å²) in [4.78, 5) is 3.62. The van der Waals surface area contributed by atoms with Crippen LogP contribution in [0, 0.1) is 0 Å². The Hall–Kier alpha value is -2.84. The highest BCUT2D eigenvalue weighted by Gasteiger charge is 2.19. The van der Waals surface area contributed by atoms with Crippen LogP contribution >= 0.6 is 65.9 Å². The molecule has 13 heteroatoms. The summed E-state index contributed by atoms with van der Waals surface area (Å²) in [6, 6.07) is 20.1. The Morgan fingerprint density at radius 3 is 1.37 bits per heavy atom. The highest BCUT2D eigenvalue weighted by molar-refractivity contribution is 9.10. The molecular weight excluding hydrogens is 632 g/mol. The van der Waals surface area contributed by atoms with Crippen LogP contribution in [0.4, 0.5) is 0 Å². The van der Waals surface area contributed by atoms with Gasteiger partial charge in [0.15, 0.2) is 21.7 Å². The Kier molecular flexibility index (Phi) is 5.13. The van der Waals surface area contributed by atoms with Gasteiger partial charge in [0.05, 0.1) is 9.75 Å². The first-order valence-electron chi connectivity index (χ1n) is 10.2. The zero-order valence-corrected chi connectivity index (χ0v) is 23.0. The van der Waals surface area contributed by atoms with Gasteiger partial charge in [-0.25, -0.2) is 0 Å². The molecule has 0 saturated carbocycles. The minimum absolute atomic E-state index is 0.723. The maximum atomic E-state index is 4.80. The van der Waals surface area contributed by atoms with Crippen LogP contribution in [0.1, 0.15) is 0 Å². The van der Waals surface area contributed by atoms with Gasteiger partial charge in [-0.3, -0.25) is 0 Å². The van der Waals surface area contributed by atoms with Crippen molar-refractivity contribution >= 4 is 75.8 Å². The van der Waals surface area contributed by atoms with E-state index in [0.29, 0.717) is 0 Å². The van der Waals surface area contributed by atoms with E-state index in [-0.39, 0.29) is 0 Å². The molecule has 0 amide bonds. The monoisotopic (exact) mass is 640 g/mol. The Labute approximate surface area is 226 Å². The molecule has 170 valence electrons. The number of benzene rings is 2. The summed E-state index contributed by atoms with van der Waals surface area (Å²) in [5.74, 6) is 1.45. The van der Waals surface area contributed by atoms with E-state index in [9.17, 15) is 0 Å². The lowest BCUT2D eigenvalue weighted by molar-refractivity contribution is 0.972. The maximum absolute atomic E-state index is 4.80. The van der Waals surface area contributed by atoms with Crippen molar-refractivity contribution in [1.82, 2.24) is 39.6 Å². The number of rotatable bonds is 4. The molecule has 2 aromatic carbocycles. The summed E-state index contributed by atoms with van der Waals surface area (Å²) in [5.41, 5.74) is 1.93. The summed E-state index contributed by atoms with van der Waals surface area (Å²) >= 11 is 11.6. The SMILES string of the molecule is Brc1ccc(-c2nnc3sc(-c4ccc(-c5nn6c(-c7ccc(Br)cc7)nnc6s5)s4)nn23)cc1. The van der Waals surface area contributed by atoms with Gasteiger partial charge in [-0.2, -0.15) is 19.2 Å². The summed E-state index contributed by atoms with van der Waals surface area (Å²) < 4.78 is 5.63. The van der Waals surface area contributed by atoms with Gasteiger partial charge >= 0.3 is 0 Å². The highest BCUT2D eigenvalue weighted by atomic mass is 79.9. The number of hydrogen-bond acceptors (Lipinski definition) is 9. The molecule has 7 rings (SSSR count). The smallest absolute Gasteiger partial charge is 0.182 e. The second kappa shape index (κ2) is 8.38. The van der Waals surface area contributed by atoms with Crippen molar-refractivity contribution in [3.8, 4) is 42.5 Å². The first-order valence-corrected chi connectivity index (χ1v) is 14.2. The topological polar surface area (TPSA) is 86.2 Å². The molecular formula is C22H10Br2N8S3. The second-order valence-corrected chi connectivity index (χ2v) is 12.3. The van der Waals surface area contributed by atoms with Gasteiger partial charge in [0.1, 0.15) is 0 Å². The van der Waals surface area contributed by atoms with E-state index in [1.54, 1.807) is 20.4 Å². The average molecular weight is 642 g/mol. The van der Waals surface area contributed by atoms with E-state index in [1.807, 2.05) is 48.5 Å². The lowest BCUT2D eigenvalue weighted by Crippen LogP contribution is -1.90. The van der Waals surface area contributed by atoms with Gasteiger partial charge < -0.3 is 0 Å². The summed E-state index contributed by atoms with van der Waals surface area (Å²) in [5, 5.41) is 28.7. The van der Waals surface area contributed by atoms with Crippen LogP contribution in [0.3, 0.4) is 0 Å². The maximum Gasteiger partial charge on any atom is 0.235 e. The Morgan fingerprint density at radius 2 is 0.943 bits per heavy atom. The van der Waals surface area contributed by atoms with Crippen LogP contribution in [-0.4, -0.2) is 39.6 Å². The lowest BCUT2D eigenvalue weighted by Gasteiger charge is -1.97. The molecule has 8 nitrogen and oxygen atoms in total. The Balaban J connectivity index is 1.23. The third-order valence-corrected chi connectivity index (χ3v) is 9.49. The first-order chi connectivity index (χ1) is 17.1. The summed E-state index contributed by atoms with van der Waals surface area (Å²) in [7, 11) is 0. The molecule has 0 N–H and O–H groups in total. The minimum atomic E-state index is 0.723. The molecule has 0 fully saturated rings. The van der Waals surface area contributed by atoms with Crippen molar-refractivity contribution in [1.29, 1.82) is 0 Å². The van der Waals surface area contributed by atoms with Gasteiger partial charge in [0.25, 0.3) is 0 Å². The predicted molar refractivity (Wildman–Crippen MR) is 146 cm³/mol. The third-order valence-electron chi connectivity index (χ3n) is 5.21. The van der Waals surface area contributed by atoms with Gasteiger partial charge in [-0.05, 0) is 36.4 Å². The van der Waals surface area contributed by atoms with Crippen LogP contribution < -0.4 is 0 Å². The third kappa shape index (κ3) is 3.74. The number of hydrogen-bond donors (Lipinski definition) is 0. The second-order valence-electron chi connectivity index (χ2n) is 7.43. The number of halogens is 2. The van der Waals surface area contributed by atoms with Crippen LogP contribution in [0.5, 0.6) is 0 Å². The van der Waals surface area contributed by atoms with Crippen molar-refractivity contribution in [2.24, 2.45) is 0 Å². The summed E-state index contributed by atoms with van der Waals surface area (Å²) in [6.45, 7) is 0. The quantitative estimate of drug-likeness (QED) is 0.207. The molecule has 0 saturated heterocycles. The van der Waals surface area contributed by atoms with Crippen LogP contribution in [-0.2, 0) is 0 Å². The molecule has 7 aromatic rings. The van der Waals surface area contributed by atoms with Gasteiger partial charge in [0.2, 0.25) is 9.92 Å². The predicted octanol–water partition coefficient (Wildman–Crippen LogP) is 6.94. The van der Waals surface area contributed by atoms with E-state index < -0.39 is 0 Å². The molecule has 5 heterocycles. The van der Waals surface area contributed by atoms with Crippen LogP contribution in [0.15, 0.2) is 69.6 Å². The van der Waals surface area contributed by atoms with Crippen molar-refractivity contribution in [2.75, 3.05) is 0 Å². The molecule has 0 aliphatic carbocycles. The fraction of sp³-hybridized carbons (Fsp3) is 0. The van der Waals surface area contributed by atoms with Crippen molar-refractivity contribution in [3.05, 3.63) is 69.6 Å². The fourth-order valence-corrected chi connectivity index (χ4v) is 6.87. The highest BCUT2D eigenvalue weighted by Crippen LogP contribution is 2.38. The number of aromatic nitrogens is 8. The number of thiophene rings is 1. The minimum Gasteiger partial charge on any atom is -0.182 e. The lowest BCUT2D eigenvalue weighted by atomic mass is 10.2. The molecule has 0 unspecified atom stereocenters. The van der Waals surface area contributed by atoms with E-state index in [4.69, 9.17) is 10.2 Å². The molecule has 0 bridgehead atoms. The van der Waals surface area contributed by atoms with Crippen molar-refractivity contribution in [3.63, 3.8) is 0 Å². The number of nitrogens with zero attached hydrogens (tertiary/aromatic N) is 8. The molecule has 5 aromatic heterocycles. The van der Waals surface area contributed by atoms with Crippen molar-refractivity contribution < 1.29 is 0 Å². The first kappa shape index (κ1) is 21.4. The fourth-order valence-electron chi connectivity index (χ4n) is 3.56. The Morgan fingerprint density at radius 1 is 0.514 bits per heavy atom. The molecule has 0 aliphatic rings. The number of fused-ring (bicyclic) bond motifs is 2. The average Bonchev–Trinajstić information content (AvgIpc) is 3.65. The standard InChI is InChI=1S/C22H10Br2N8S3/c23-13-5-1-11(2-6-13)17-25-27-21-31(17)29-19(34-21)15-9-10-16(33-15)20-30-32-18(26-28-22(32)35-20)12-3-7-14(24)8-4-12/h1-10H. The zero-order chi connectivity index (χ0) is 23.5. The molecule has 0 spiro atoms.